The third kappa shape index (κ3) is 5.22. The second kappa shape index (κ2) is 9.08. The molecule has 2 aliphatic rings. The predicted octanol–water partition coefficient (Wildman–Crippen LogP) is -0.157. The molecule has 0 unspecified atom stereocenters. The van der Waals surface area contributed by atoms with Crippen molar-refractivity contribution in [3.63, 3.8) is 0 Å². The smallest absolute Gasteiger partial charge is 0.317 e. The summed E-state index contributed by atoms with van der Waals surface area (Å²) in [6, 6.07) is -0.148. The van der Waals surface area contributed by atoms with Crippen molar-refractivity contribution in [2.24, 2.45) is 0 Å². The second-order valence-electron chi connectivity index (χ2n) is 6.27. The molecule has 2 rings (SSSR count). The van der Waals surface area contributed by atoms with Crippen LogP contribution in [0.25, 0.3) is 0 Å². The van der Waals surface area contributed by atoms with Gasteiger partial charge in [-0.15, -0.1) is 0 Å². The highest BCUT2D eigenvalue weighted by molar-refractivity contribution is 7.99. The van der Waals surface area contributed by atoms with Gasteiger partial charge in [-0.25, -0.2) is 4.79 Å². The van der Waals surface area contributed by atoms with Gasteiger partial charge in [0, 0.05) is 45.1 Å². The highest BCUT2D eigenvalue weighted by Gasteiger charge is 2.41. The number of aliphatic hydroxyl groups is 1. The zero-order valence-corrected chi connectivity index (χ0v) is 14.9. The van der Waals surface area contributed by atoms with E-state index in [9.17, 15) is 9.90 Å². The molecule has 0 aliphatic carbocycles. The Morgan fingerprint density at radius 1 is 1.52 bits per heavy atom. The number of hydrogen-bond donors (Lipinski definition) is 2. The van der Waals surface area contributed by atoms with E-state index in [0.29, 0.717) is 6.54 Å². The van der Waals surface area contributed by atoms with Crippen LogP contribution >= 0.6 is 11.8 Å². The average molecular weight is 347 g/mol. The van der Waals surface area contributed by atoms with E-state index in [1.54, 1.807) is 7.05 Å². The quantitative estimate of drug-likeness (QED) is 0.667. The summed E-state index contributed by atoms with van der Waals surface area (Å²) in [5.74, 6) is 2.18. The summed E-state index contributed by atoms with van der Waals surface area (Å²) in [6.45, 7) is 4.53. The summed E-state index contributed by atoms with van der Waals surface area (Å²) in [5.41, 5.74) is 0.0378. The van der Waals surface area contributed by atoms with Gasteiger partial charge in [-0.05, 0) is 12.2 Å². The third-order valence-corrected chi connectivity index (χ3v) is 5.76. The number of likely N-dealkylation sites (N-methyl/N-ethyl adjacent to an activating group) is 1. The number of nitrogens with zero attached hydrogens (tertiary/aromatic N) is 2. The molecule has 23 heavy (non-hydrogen) atoms. The van der Waals surface area contributed by atoms with Gasteiger partial charge in [-0.3, -0.25) is 4.90 Å². The lowest BCUT2D eigenvalue weighted by atomic mass is 9.95. The van der Waals surface area contributed by atoms with E-state index in [2.05, 4.69) is 10.2 Å². The van der Waals surface area contributed by atoms with Gasteiger partial charge in [0.15, 0.2) is 0 Å². The first kappa shape index (κ1) is 18.8. The number of amides is 2. The zero-order chi connectivity index (χ0) is 16.7. The van der Waals surface area contributed by atoms with Gasteiger partial charge >= 0.3 is 6.03 Å². The van der Waals surface area contributed by atoms with Crippen molar-refractivity contribution in [1.82, 2.24) is 15.1 Å². The van der Waals surface area contributed by atoms with Crippen molar-refractivity contribution in [1.29, 1.82) is 0 Å². The lowest BCUT2D eigenvalue weighted by molar-refractivity contribution is -0.0128. The lowest BCUT2D eigenvalue weighted by Crippen LogP contribution is -2.60. The van der Waals surface area contributed by atoms with Crippen LogP contribution in [0.4, 0.5) is 4.79 Å². The Labute approximate surface area is 142 Å². The first-order chi connectivity index (χ1) is 11.1. The Hall–Kier alpha value is -0.540. The van der Waals surface area contributed by atoms with Gasteiger partial charge in [0.2, 0.25) is 0 Å². The molecule has 2 aliphatic heterocycles. The Bertz CT molecular complexity index is 374. The summed E-state index contributed by atoms with van der Waals surface area (Å²) in [7, 11) is 3.23. The van der Waals surface area contributed by atoms with Crippen molar-refractivity contribution in [3.05, 3.63) is 0 Å². The van der Waals surface area contributed by atoms with Crippen molar-refractivity contribution in [3.8, 4) is 0 Å². The fourth-order valence-electron chi connectivity index (χ4n) is 3.15. The SMILES string of the molecule is COC[C@H](O)CN(C)C(=O)NC[C@]1(N2CCOCC2)CCSC1. The molecule has 0 saturated carbocycles. The number of thioether (sulfide) groups is 1. The maximum Gasteiger partial charge on any atom is 0.317 e. The number of urea groups is 1. The molecule has 0 aromatic carbocycles. The number of hydrogen-bond acceptors (Lipinski definition) is 6. The number of carbonyl (C=O) groups is 1. The van der Waals surface area contributed by atoms with Crippen LogP contribution in [0.1, 0.15) is 6.42 Å². The van der Waals surface area contributed by atoms with E-state index >= 15 is 0 Å². The number of carbonyl (C=O) groups excluding carboxylic acids is 1. The van der Waals surface area contributed by atoms with Crippen molar-refractivity contribution < 1.29 is 19.4 Å². The average Bonchev–Trinajstić information content (AvgIpc) is 3.03. The molecular weight excluding hydrogens is 318 g/mol. The van der Waals surface area contributed by atoms with Gasteiger partial charge in [-0.1, -0.05) is 0 Å². The molecule has 0 spiro atoms. The summed E-state index contributed by atoms with van der Waals surface area (Å²) in [6.07, 6.45) is 0.430. The number of ether oxygens (including phenoxy) is 2. The van der Waals surface area contributed by atoms with Crippen LogP contribution in [0.15, 0.2) is 0 Å². The van der Waals surface area contributed by atoms with Crippen LogP contribution in [0, 0.1) is 0 Å². The molecule has 2 saturated heterocycles. The largest absolute Gasteiger partial charge is 0.389 e. The molecule has 0 aromatic heterocycles. The normalized spacial score (nSPS) is 26.9. The van der Waals surface area contributed by atoms with Crippen LogP contribution in [0.2, 0.25) is 0 Å². The molecule has 7 nitrogen and oxygen atoms in total. The van der Waals surface area contributed by atoms with Crippen LogP contribution < -0.4 is 5.32 Å². The minimum atomic E-state index is -0.661. The standard InChI is InChI=1S/C15H29N3O4S/c1-17(9-13(19)10-21-2)14(20)16-11-15(3-8-23-12-15)18-4-6-22-7-5-18/h13,19H,3-12H2,1-2H3,(H,16,20)/t13-,15-/m1/s1. The summed E-state index contributed by atoms with van der Waals surface area (Å²) < 4.78 is 10.3. The Kier molecular flexibility index (Phi) is 7.42. The number of rotatable bonds is 7. The molecule has 134 valence electrons. The minimum absolute atomic E-state index is 0.0378. The van der Waals surface area contributed by atoms with E-state index in [4.69, 9.17) is 9.47 Å². The van der Waals surface area contributed by atoms with Crippen LogP contribution in [0.5, 0.6) is 0 Å². The summed E-state index contributed by atoms with van der Waals surface area (Å²) in [5, 5.41) is 12.8. The molecule has 0 radical (unpaired) electrons. The maximum absolute atomic E-state index is 12.3. The van der Waals surface area contributed by atoms with Gasteiger partial charge in [-0.2, -0.15) is 11.8 Å². The molecule has 2 N–H and O–H groups in total. The fourth-order valence-corrected chi connectivity index (χ4v) is 4.63. The highest BCUT2D eigenvalue weighted by Crippen LogP contribution is 2.33. The predicted molar refractivity (Wildman–Crippen MR) is 91.0 cm³/mol. The highest BCUT2D eigenvalue weighted by atomic mass is 32.2. The third-order valence-electron chi connectivity index (χ3n) is 4.52. The topological polar surface area (TPSA) is 74.3 Å². The number of morpholine rings is 1. The Morgan fingerprint density at radius 3 is 2.87 bits per heavy atom. The molecule has 2 atom stereocenters. The first-order valence-electron chi connectivity index (χ1n) is 8.14. The molecule has 0 aromatic rings. The van der Waals surface area contributed by atoms with Crippen LogP contribution in [-0.2, 0) is 9.47 Å². The van der Waals surface area contributed by atoms with Crippen molar-refractivity contribution in [2.45, 2.75) is 18.1 Å². The monoisotopic (exact) mass is 347 g/mol. The van der Waals surface area contributed by atoms with E-state index in [0.717, 1.165) is 44.2 Å². The molecule has 2 amide bonds. The van der Waals surface area contributed by atoms with Gasteiger partial charge in [0.25, 0.3) is 0 Å². The number of methoxy groups -OCH3 is 1. The Morgan fingerprint density at radius 2 is 2.26 bits per heavy atom. The molecular formula is C15H29N3O4S. The van der Waals surface area contributed by atoms with Crippen molar-refractivity contribution in [2.75, 3.05) is 71.7 Å². The lowest BCUT2D eigenvalue weighted by Gasteiger charge is -2.43. The minimum Gasteiger partial charge on any atom is -0.389 e. The first-order valence-corrected chi connectivity index (χ1v) is 9.29. The summed E-state index contributed by atoms with van der Waals surface area (Å²) in [4.78, 5) is 16.3. The molecule has 2 fully saturated rings. The fraction of sp³-hybridized carbons (Fsp3) is 0.933. The van der Waals surface area contributed by atoms with E-state index in [1.807, 2.05) is 11.8 Å². The molecule has 2 heterocycles. The van der Waals surface area contributed by atoms with Gasteiger partial charge in [0.1, 0.15) is 0 Å². The van der Waals surface area contributed by atoms with Gasteiger partial charge in [0.05, 0.1) is 32.5 Å². The molecule has 8 heteroatoms. The number of nitrogens with one attached hydrogen (secondary N) is 1. The van der Waals surface area contributed by atoms with E-state index in [1.165, 1.54) is 12.0 Å². The second-order valence-corrected chi connectivity index (χ2v) is 7.38. The summed E-state index contributed by atoms with van der Waals surface area (Å²) >= 11 is 1.95. The number of aliphatic hydroxyl groups excluding tert-OH is 1. The zero-order valence-electron chi connectivity index (χ0n) is 14.1. The van der Waals surface area contributed by atoms with Gasteiger partial charge < -0.3 is 24.8 Å². The Balaban J connectivity index is 1.84. The van der Waals surface area contributed by atoms with Crippen LogP contribution in [-0.4, -0.2) is 104 Å². The van der Waals surface area contributed by atoms with E-state index < -0.39 is 6.10 Å². The van der Waals surface area contributed by atoms with Crippen LogP contribution in [0.3, 0.4) is 0 Å². The van der Waals surface area contributed by atoms with Crippen molar-refractivity contribution >= 4 is 17.8 Å². The molecule has 0 bridgehead atoms. The van der Waals surface area contributed by atoms with E-state index in [-0.39, 0.29) is 24.7 Å². The maximum atomic E-state index is 12.3.